The first-order valence-corrected chi connectivity index (χ1v) is 10.1. The van der Waals surface area contributed by atoms with Gasteiger partial charge in [0.15, 0.2) is 5.75 Å². The summed E-state index contributed by atoms with van der Waals surface area (Å²) in [6.07, 6.45) is -1.07. The van der Waals surface area contributed by atoms with E-state index in [9.17, 15) is 9.59 Å². The summed E-state index contributed by atoms with van der Waals surface area (Å²) in [5, 5.41) is 0.668. The largest absolute Gasteiger partial charge is 0.452 e. The van der Waals surface area contributed by atoms with E-state index in [-0.39, 0.29) is 23.2 Å². The van der Waals surface area contributed by atoms with Crippen molar-refractivity contribution >= 4 is 35.2 Å². The predicted octanol–water partition coefficient (Wildman–Crippen LogP) is 3.80. The topological polar surface area (TPSA) is 98.0 Å². The molecule has 0 unspecified atom stereocenters. The number of piperazine rings is 1. The molecule has 1 aliphatic heterocycles. The van der Waals surface area contributed by atoms with E-state index in [0.29, 0.717) is 34.9 Å². The second-order valence-electron chi connectivity index (χ2n) is 7.02. The molecular weight excluding hydrogens is 431 g/mol. The molecule has 30 heavy (non-hydrogen) atoms. The van der Waals surface area contributed by atoms with Gasteiger partial charge in [-0.25, -0.2) is 9.78 Å². The van der Waals surface area contributed by atoms with Crippen molar-refractivity contribution in [2.75, 3.05) is 26.2 Å². The summed E-state index contributed by atoms with van der Waals surface area (Å²) in [6, 6.07) is 8.09. The number of rotatable bonds is 5. The number of halogens is 2. The number of nitrogens with zero attached hydrogens (tertiary/aromatic N) is 3. The summed E-state index contributed by atoms with van der Waals surface area (Å²) in [7, 11) is 0. The third-order valence-corrected chi connectivity index (χ3v) is 5.43. The molecule has 10 heteroatoms. The number of aromatic nitrogens is 1. The van der Waals surface area contributed by atoms with Crippen LogP contribution >= 0.6 is 23.2 Å². The van der Waals surface area contributed by atoms with Crippen LogP contribution in [0.3, 0.4) is 0 Å². The van der Waals surface area contributed by atoms with E-state index in [1.807, 2.05) is 0 Å². The van der Waals surface area contributed by atoms with Crippen LogP contribution in [0.2, 0.25) is 10.0 Å². The van der Waals surface area contributed by atoms with E-state index in [2.05, 4.69) is 23.7 Å². The second-order valence-corrected chi connectivity index (χ2v) is 7.84. The lowest BCUT2D eigenvalue weighted by Crippen LogP contribution is -2.50. The average Bonchev–Trinajstić information content (AvgIpc) is 2.71. The van der Waals surface area contributed by atoms with Crippen LogP contribution in [0.15, 0.2) is 30.3 Å². The van der Waals surface area contributed by atoms with Gasteiger partial charge in [-0.1, -0.05) is 23.2 Å². The molecule has 160 valence electrons. The summed E-state index contributed by atoms with van der Waals surface area (Å²) >= 11 is 11.9. The smallest absolute Gasteiger partial charge is 0.411 e. The first-order chi connectivity index (χ1) is 14.2. The maximum Gasteiger partial charge on any atom is 0.411 e. The minimum Gasteiger partial charge on any atom is -0.452 e. The fourth-order valence-corrected chi connectivity index (χ4v) is 3.35. The fourth-order valence-electron chi connectivity index (χ4n) is 3.06. The van der Waals surface area contributed by atoms with Gasteiger partial charge in [0, 0.05) is 38.3 Å². The predicted molar refractivity (Wildman–Crippen MR) is 114 cm³/mol. The van der Waals surface area contributed by atoms with Crippen LogP contribution < -0.4 is 15.2 Å². The third-order valence-electron chi connectivity index (χ3n) is 4.69. The molecule has 2 aromatic rings. The Morgan fingerprint density at radius 1 is 1.07 bits per heavy atom. The number of ether oxygens (including phenoxy) is 2. The number of carbonyl (C=O) groups excluding carboxylic acids is 2. The SMILES string of the molecule is CC(C)N1CCN(C(=O)c2ccc(Oc3ccc(Cl)c(Cl)c3)c(OC(N)=O)n2)CC1. The molecule has 0 radical (unpaired) electrons. The molecule has 0 bridgehead atoms. The highest BCUT2D eigenvalue weighted by atomic mass is 35.5. The molecule has 1 fully saturated rings. The average molecular weight is 453 g/mol. The number of amides is 2. The highest BCUT2D eigenvalue weighted by Gasteiger charge is 2.25. The molecule has 8 nitrogen and oxygen atoms in total. The lowest BCUT2D eigenvalue weighted by Gasteiger charge is -2.36. The zero-order chi connectivity index (χ0) is 21.8. The van der Waals surface area contributed by atoms with Gasteiger partial charge < -0.3 is 20.1 Å². The Hall–Kier alpha value is -2.55. The van der Waals surface area contributed by atoms with Crippen LogP contribution in [0.1, 0.15) is 24.3 Å². The molecule has 1 aliphatic rings. The Morgan fingerprint density at radius 2 is 1.77 bits per heavy atom. The van der Waals surface area contributed by atoms with Gasteiger partial charge in [0.25, 0.3) is 11.8 Å². The molecular formula is C20H22Cl2N4O4. The number of nitrogens with two attached hydrogens (primary N) is 1. The van der Waals surface area contributed by atoms with Crippen LogP contribution in [0.25, 0.3) is 0 Å². The van der Waals surface area contributed by atoms with Gasteiger partial charge in [0.1, 0.15) is 11.4 Å². The minimum absolute atomic E-state index is 0.105. The summed E-state index contributed by atoms with van der Waals surface area (Å²) in [5.74, 6) is -0.00757. The van der Waals surface area contributed by atoms with E-state index < -0.39 is 6.09 Å². The lowest BCUT2D eigenvalue weighted by molar-refractivity contribution is 0.0589. The number of carbonyl (C=O) groups is 2. The van der Waals surface area contributed by atoms with Crippen LogP contribution in [-0.2, 0) is 0 Å². The third kappa shape index (κ3) is 5.33. The fraction of sp³-hybridized carbons (Fsp3) is 0.350. The quantitative estimate of drug-likeness (QED) is 0.740. The van der Waals surface area contributed by atoms with Crippen LogP contribution in [0.5, 0.6) is 17.4 Å². The molecule has 3 rings (SSSR count). The van der Waals surface area contributed by atoms with Crippen molar-refractivity contribution in [1.29, 1.82) is 0 Å². The first-order valence-electron chi connectivity index (χ1n) is 9.39. The monoisotopic (exact) mass is 452 g/mol. The molecule has 1 aromatic heterocycles. The Morgan fingerprint density at radius 3 is 2.37 bits per heavy atom. The van der Waals surface area contributed by atoms with E-state index in [1.54, 1.807) is 17.0 Å². The van der Waals surface area contributed by atoms with Gasteiger partial charge in [-0.2, -0.15) is 0 Å². The summed E-state index contributed by atoms with van der Waals surface area (Å²) in [4.78, 5) is 32.4. The van der Waals surface area contributed by atoms with Crippen LogP contribution in [0.4, 0.5) is 4.79 Å². The van der Waals surface area contributed by atoms with Gasteiger partial charge in [0.2, 0.25) is 0 Å². The molecule has 0 aliphatic carbocycles. The van der Waals surface area contributed by atoms with Gasteiger partial charge >= 0.3 is 6.09 Å². The zero-order valence-corrected chi connectivity index (χ0v) is 18.1. The minimum atomic E-state index is -1.07. The second kappa shape index (κ2) is 9.51. The molecule has 0 atom stereocenters. The van der Waals surface area contributed by atoms with Crippen molar-refractivity contribution in [3.8, 4) is 17.4 Å². The highest BCUT2D eigenvalue weighted by molar-refractivity contribution is 6.42. The molecule has 2 amide bonds. The van der Waals surface area contributed by atoms with E-state index >= 15 is 0 Å². The molecule has 1 saturated heterocycles. The normalized spacial score (nSPS) is 14.6. The van der Waals surface area contributed by atoms with E-state index in [0.717, 1.165) is 13.1 Å². The van der Waals surface area contributed by atoms with Gasteiger partial charge in [-0.15, -0.1) is 0 Å². The standard InChI is InChI=1S/C20H22Cl2N4O4/c1-12(2)25-7-9-26(10-8-25)19(27)16-5-6-17(18(24-16)30-20(23)28)29-13-3-4-14(21)15(22)11-13/h3-6,11-12H,7-10H2,1-2H3,(H2,23,28). The summed E-state index contributed by atoms with van der Waals surface area (Å²) in [5.41, 5.74) is 5.28. The number of pyridine rings is 1. The molecule has 2 N–H and O–H groups in total. The maximum atomic E-state index is 12.9. The zero-order valence-electron chi connectivity index (χ0n) is 16.6. The molecule has 0 saturated carbocycles. The number of benzene rings is 1. The first kappa shape index (κ1) is 22.1. The van der Waals surface area contributed by atoms with Crippen molar-refractivity contribution in [2.45, 2.75) is 19.9 Å². The van der Waals surface area contributed by atoms with E-state index in [1.165, 1.54) is 18.2 Å². The van der Waals surface area contributed by atoms with Gasteiger partial charge in [-0.05, 0) is 38.1 Å². The summed E-state index contributed by atoms with van der Waals surface area (Å²) in [6.45, 7) is 7.00. The van der Waals surface area contributed by atoms with Crippen LogP contribution in [0, 0.1) is 0 Å². The van der Waals surface area contributed by atoms with Crippen LogP contribution in [-0.4, -0.2) is 59.0 Å². The maximum absolute atomic E-state index is 12.9. The number of hydrogen-bond acceptors (Lipinski definition) is 6. The van der Waals surface area contributed by atoms with Gasteiger partial charge in [0.05, 0.1) is 10.0 Å². The Balaban J connectivity index is 1.80. The molecule has 2 heterocycles. The highest BCUT2D eigenvalue weighted by Crippen LogP contribution is 2.33. The number of primary amides is 1. The number of hydrogen-bond donors (Lipinski definition) is 1. The summed E-state index contributed by atoms with van der Waals surface area (Å²) < 4.78 is 10.7. The van der Waals surface area contributed by atoms with Crippen molar-refractivity contribution < 1.29 is 19.1 Å². The van der Waals surface area contributed by atoms with Gasteiger partial charge in [-0.3, -0.25) is 9.69 Å². The van der Waals surface area contributed by atoms with Crippen molar-refractivity contribution in [3.05, 3.63) is 46.1 Å². The lowest BCUT2D eigenvalue weighted by atomic mass is 10.2. The Kier molecular flexibility index (Phi) is 7.02. The van der Waals surface area contributed by atoms with Crippen molar-refractivity contribution in [1.82, 2.24) is 14.8 Å². The Bertz CT molecular complexity index is 946. The van der Waals surface area contributed by atoms with E-state index in [4.69, 9.17) is 38.4 Å². The van der Waals surface area contributed by atoms with Crippen molar-refractivity contribution in [2.24, 2.45) is 5.73 Å². The molecule has 0 spiro atoms. The van der Waals surface area contributed by atoms with Crippen molar-refractivity contribution in [3.63, 3.8) is 0 Å². The molecule has 1 aromatic carbocycles. The Labute approximate surface area is 184 Å².